The molecule has 26 heavy (non-hydrogen) atoms. The van der Waals surface area contributed by atoms with E-state index in [9.17, 15) is 13.2 Å². The molecule has 0 saturated carbocycles. The first-order chi connectivity index (χ1) is 12.4. The molecule has 9 heteroatoms. The van der Waals surface area contributed by atoms with Crippen molar-refractivity contribution in [3.05, 3.63) is 42.5 Å². The molecule has 2 aromatic carbocycles. The van der Waals surface area contributed by atoms with Crippen LogP contribution in [-0.2, 0) is 14.8 Å². The van der Waals surface area contributed by atoms with Crippen LogP contribution < -0.4 is 19.1 Å². The van der Waals surface area contributed by atoms with Gasteiger partial charge in [-0.1, -0.05) is 0 Å². The van der Waals surface area contributed by atoms with Gasteiger partial charge in [-0.25, -0.2) is 13.2 Å². The highest BCUT2D eigenvalue weighted by Gasteiger charge is 2.23. The standard InChI is InChI=1S/C17H18N2O6S/c1-23-15-8-7-14(11-16(15)24-2)26(21,22)18-12-3-5-13(6-4-12)19-9-10-25-17(19)20/h3-8,11,18H,9-10H2,1-2H3. The molecule has 1 heterocycles. The second-order valence-electron chi connectivity index (χ2n) is 5.44. The van der Waals surface area contributed by atoms with Crippen LogP contribution in [0, 0.1) is 0 Å². The van der Waals surface area contributed by atoms with Crippen LogP contribution in [0.3, 0.4) is 0 Å². The number of ether oxygens (including phenoxy) is 3. The van der Waals surface area contributed by atoms with Crippen molar-refractivity contribution in [3.63, 3.8) is 0 Å². The Balaban J connectivity index is 1.80. The van der Waals surface area contributed by atoms with Crippen molar-refractivity contribution in [1.29, 1.82) is 0 Å². The number of hydrogen-bond acceptors (Lipinski definition) is 6. The number of sulfonamides is 1. The Morgan fingerprint density at radius 2 is 1.73 bits per heavy atom. The highest BCUT2D eigenvalue weighted by atomic mass is 32.2. The third-order valence-corrected chi connectivity index (χ3v) is 5.24. The van der Waals surface area contributed by atoms with Crippen molar-refractivity contribution in [3.8, 4) is 11.5 Å². The Morgan fingerprint density at radius 3 is 2.31 bits per heavy atom. The summed E-state index contributed by atoms with van der Waals surface area (Å²) in [7, 11) is -0.896. The Morgan fingerprint density at radius 1 is 1.04 bits per heavy atom. The van der Waals surface area contributed by atoms with Gasteiger partial charge in [-0.3, -0.25) is 9.62 Å². The van der Waals surface area contributed by atoms with Crippen LogP contribution in [0.25, 0.3) is 0 Å². The molecule has 138 valence electrons. The largest absolute Gasteiger partial charge is 0.493 e. The minimum atomic E-state index is -3.80. The number of hydrogen-bond donors (Lipinski definition) is 1. The van der Waals surface area contributed by atoms with Crippen LogP contribution in [0.15, 0.2) is 47.4 Å². The summed E-state index contributed by atoms with van der Waals surface area (Å²) in [6.07, 6.45) is -0.413. The number of cyclic esters (lactones) is 1. The average molecular weight is 378 g/mol. The topological polar surface area (TPSA) is 94.2 Å². The lowest BCUT2D eigenvalue weighted by Crippen LogP contribution is -2.23. The first-order valence-corrected chi connectivity index (χ1v) is 9.22. The van der Waals surface area contributed by atoms with Crippen LogP contribution in [0.5, 0.6) is 11.5 Å². The Bertz CT molecular complexity index is 911. The third-order valence-electron chi connectivity index (χ3n) is 3.86. The second-order valence-corrected chi connectivity index (χ2v) is 7.12. The van der Waals surface area contributed by atoms with E-state index in [2.05, 4.69) is 4.72 Å². The van der Waals surface area contributed by atoms with Crippen molar-refractivity contribution in [2.75, 3.05) is 37.0 Å². The first kappa shape index (κ1) is 17.9. The number of amides is 1. The average Bonchev–Trinajstić information content (AvgIpc) is 3.07. The van der Waals surface area contributed by atoms with Gasteiger partial charge in [-0.05, 0) is 36.4 Å². The van der Waals surface area contributed by atoms with Gasteiger partial charge in [0, 0.05) is 17.4 Å². The SMILES string of the molecule is COc1ccc(S(=O)(=O)Nc2ccc(N3CCOC3=O)cc2)cc1OC. The zero-order chi connectivity index (χ0) is 18.7. The summed E-state index contributed by atoms with van der Waals surface area (Å²) in [6.45, 7) is 0.808. The first-order valence-electron chi connectivity index (χ1n) is 7.74. The number of nitrogens with zero attached hydrogens (tertiary/aromatic N) is 1. The zero-order valence-electron chi connectivity index (χ0n) is 14.3. The summed E-state index contributed by atoms with van der Waals surface area (Å²) in [5.41, 5.74) is 1.01. The molecular weight excluding hydrogens is 360 g/mol. The van der Waals surface area contributed by atoms with Crippen molar-refractivity contribution < 1.29 is 27.4 Å². The van der Waals surface area contributed by atoms with Gasteiger partial charge in [0.2, 0.25) is 0 Å². The maximum absolute atomic E-state index is 12.6. The molecule has 0 atom stereocenters. The van der Waals surface area contributed by atoms with Crippen LogP contribution in [0.1, 0.15) is 0 Å². The van der Waals surface area contributed by atoms with Crippen LogP contribution in [0.2, 0.25) is 0 Å². The fraction of sp³-hybridized carbons (Fsp3) is 0.235. The molecule has 0 radical (unpaired) electrons. The molecule has 0 spiro atoms. The molecule has 2 aromatic rings. The number of carbonyl (C=O) groups excluding carboxylic acids is 1. The Kier molecular flexibility index (Phi) is 4.90. The van der Waals surface area contributed by atoms with E-state index in [1.807, 2.05) is 0 Å². The highest BCUT2D eigenvalue weighted by Crippen LogP contribution is 2.30. The van der Waals surface area contributed by atoms with E-state index < -0.39 is 16.1 Å². The molecule has 0 bridgehead atoms. The molecule has 1 N–H and O–H groups in total. The van der Waals surface area contributed by atoms with E-state index in [0.29, 0.717) is 36.0 Å². The number of benzene rings is 2. The van der Waals surface area contributed by atoms with E-state index in [4.69, 9.17) is 14.2 Å². The van der Waals surface area contributed by atoms with Crippen molar-refractivity contribution in [2.45, 2.75) is 4.90 Å². The molecule has 8 nitrogen and oxygen atoms in total. The maximum Gasteiger partial charge on any atom is 0.414 e. The van der Waals surface area contributed by atoms with Gasteiger partial charge >= 0.3 is 6.09 Å². The van der Waals surface area contributed by atoms with Crippen LogP contribution >= 0.6 is 0 Å². The molecule has 1 aliphatic rings. The summed E-state index contributed by atoms with van der Waals surface area (Å²) in [4.78, 5) is 13.1. The maximum atomic E-state index is 12.6. The van der Waals surface area contributed by atoms with E-state index in [-0.39, 0.29) is 4.90 Å². The predicted molar refractivity (Wildman–Crippen MR) is 95.5 cm³/mol. The van der Waals surface area contributed by atoms with Crippen molar-refractivity contribution >= 4 is 27.5 Å². The number of rotatable bonds is 6. The van der Waals surface area contributed by atoms with E-state index >= 15 is 0 Å². The quantitative estimate of drug-likeness (QED) is 0.830. The minimum absolute atomic E-state index is 0.0438. The molecule has 0 aromatic heterocycles. The number of anilines is 2. The monoisotopic (exact) mass is 378 g/mol. The van der Waals surface area contributed by atoms with E-state index in [1.165, 1.54) is 37.3 Å². The van der Waals surface area contributed by atoms with Gasteiger partial charge in [0.15, 0.2) is 11.5 Å². The summed E-state index contributed by atoms with van der Waals surface area (Å²) in [5.74, 6) is 0.756. The highest BCUT2D eigenvalue weighted by molar-refractivity contribution is 7.92. The number of nitrogens with one attached hydrogen (secondary N) is 1. The zero-order valence-corrected chi connectivity index (χ0v) is 15.1. The normalized spacial score (nSPS) is 14.1. The smallest absolute Gasteiger partial charge is 0.414 e. The van der Waals surface area contributed by atoms with Gasteiger partial charge in [-0.2, -0.15) is 0 Å². The van der Waals surface area contributed by atoms with E-state index in [1.54, 1.807) is 24.3 Å². The molecule has 0 aliphatic carbocycles. The van der Waals surface area contributed by atoms with E-state index in [0.717, 1.165) is 0 Å². The lowest BCUT2D eigenvalue weighted by Gasteiger charge is -2.14. The van der Waals surface area contributed by atoms with Gasteiger partial charge in [0.1, 0.15) is 6.61 Å². The van der Waals surface area contributed by atoms with Crippen LogP contribution in [0.4, 0.5) is 16.2 Å². The van der Waals surface area contributed by atoms with Crippen molar-refractivity contribution in [2.24, 2.45) is 0 Å². The second kappa shape index (κ2) is 7.12. The summed E-state index contributed by atoms with van der Waals surface area (Å²) < 4.78 is 42.8. The molecule has 1 saturated heterocycles. The fourth-order valence-corrected chi connectivity index (χ4v) is 3.61. The summed E-state index contributed by atoms with van der Waals surface area (Å²) in [5, 5.41) is 0. The molecule has 1 fully saturated rings. The molecule has 1 amide bonds. The van der Waals surface area contributed by atoms with Crippen molar-refractivity contribution in [1.82, 2.24) is 0 Å². The molecule has 0 unspecified atom stereocenters. The van der Waals surface area contributed by atoms with Gasteiger partial charge in [0.25, 0.3) is 10.0 Å². The molecule has 1 aliphatic heterocycles. The Labute approximate surface area is 151 Å². The Hall–Kier alpha value is -2.94. The van der Waals surface area contributed by atoms with Gasteiger partial charge in [-0.15, -0.1) is 0 Å². The molecular formula is C17H18N2O6S. The minimum Gasteiger partial charge on any atom is -0.493 e. The summed E-state index contributed by atoms with van der Waals surface area (Å²) >= 11 is 0. The lowest BCUT2D eigenvalue weighted by atomic mass is 10.2. The van der Waals surface area contributed by atoms with Gasteiger partial charge < -0.3 is 14.2 Å². The predicted octanol–water partition coefficient (Wildman–Crippen LogP) is 2.46. The number of methoxy groups -OCH3 is 2. The molecule has 3 rings (SSSR count). The number of carbonyl (C=O) groups is 1. The van der Waals surface area contributed by atoms with Crippen LogP contribution in [-0.4, -0.2) is 41.9 Å². The summed E-state index contributed by atoms with van der Waals surface area (Å²) in [6, 6.07) is 10.8. The third kappa shape index (κ3) is 3.52. The van der Waals surface area contributed by atoms with Gasteiger partial charge in [0.05, 0.1) is 25.7 Å². The fourth-order valence-electron chi connectivity index (χ4n) is 2.54. The lowest BCUT2D eigenvalue weighted by molar-refractivity contribution is 0.181.